The fourth-order valence-corrected chi connectivity index (χ4v) is 3.75. The van der Waals surface area contributed by atoms with E-state index in [0.29, 0.717) is 5.56 Å². The summed E-state index contributed by atoms with van der Waals surface area (Å²) in [5.74, 6) is 2.24. The van der Waals surface area contributed by atoms with Crippen molar-refractivity contribution in [3.63, 3.8) is 0 Å². The number of amides is 1. The van der Waals surface area contributed by atoms with E-state index >= 15 is 0 Å². The van der Waals surface area contributed by atoms with Crippen molar-refractivity contribution in [2.45, 2.75) is 10.6 Å². The van der Waals surface area contributed by atoms with Gasteiger partial charge in [0.05, 0.1) is 0 Å². The molecule has 0 unspecified atom stereocenters. The average Bonchev–Trinajstić information content (AvgIpc) is 2.81. The fraction of sp³-hybridized carbons (Fsp3) is 0.0385. The molecule has 0 spiro atoms. The topological polar surface area (TPSA) is 38.3 Å². The summed E-state index contributed by atoms with van der Waals surface area (Å²) in [4.78, 5) is 13.8. The summed E-state index contributed by atoms with van der Waals surface area (Å²) < 4.78 is 5.78. The van der Waals surface area contributed by atoms with Crippen molar-refractivity contribution in [1.82, 2.24) is 0 Å². The van der Waals surface area contributed by atoms with Gasteiger partial charge in [-0.1, -0.05) is 48.5 Å². The van der Waals surface area contributed by atoms with E-state index in [-0.39, 0.29) is 5.91 Å². The molecule has 3 nitrogen and oxygen atoms in total. The number of para-hydroxylation sites is 1. The minimum atomic E-state index is -0.131. The molecule has 0 aliphatic heterocycles. The van der Waals surface area contributed by atoms with Crippen LogP contribution in [0, 0.1) is 0 Å². The zero-order chi connectivity index (χ0) is 20.6. The highest BCUT2D eigenvalue weighted by atomic mass is 32.2. The van der Waals surface area contributed by atoms with Crippen molar-refractivity contribution in [3.8, 4) is 11.5 Å². The first-order valence-corrected chi connectivity index (χ1v) is 10.7. The number of carbonyl (C=O) groups excluding carboxylic acids is 1. The Kier molecular flexibility index (Phi) is 6.47. The Labute approximate surface area is 180 Å². The third kappa shape index (κ3) is 5.52. The Bertz CT molecular complexity index is 1080. The van der Waals surface area contributed by atoms with Gasteiger partial charge in [-0.3, -0.25) is 4.79 Å². The molecule has 0 atom stereocenters. The highest BCUT2D eigenvalue weighted by Gasteiger charge is 2.07. The molecule has 4 heteroatoms. The monoisotopic (exact) mass is 411 g/mol. The van der Waals surface area contributed by atoms with Gasteiger partial charge >= 0.3 is 0 Å². The summed E-state index contributed by atoms with van der Waals surface area (Å²) in [5.41, 5.74) is 2.54. The summed E-state index contributed by atoms with van der Waals surface area (Å²) >= 11 is 1.78. The molecule has 0 heterocycles. The summed E-state index contributed by atoms with van der Waals surface area (Å²) in [6, 6.07) is 35.0. The molecule has 4 rings (SSSR count). The number of hydrogen-bond acceptors (Lipinski definition) is 3. The molecule has 0 bridgehead atoms. The smallest absolute Gasteiger partial charge is 0.255 e. The SMILES string of the molecule is O=C(Nc1ccc(Oc2ccccc2)cc1)c1ccc(CSc2ccccc2)cc1. The van der Waals surface area contributed by atoms with Gasteiger partial charge in [0.2, 0.25) is 0 Å². The van der Waals surface area contributed by atoms with E-state index in [1.54, 1.807) is 11.8 Å². The number of anilines is 1. The molecule has 4 aromatic carbocycles. The van der Waals surface area contributed by atoms with Crippen LogP contribution < -0.4 is 10.1 Å². The Balaban J connectivity index is 1.32. The van der Waals surface area contributed by atoms with Crippen LogP contribution in [0.15, 0.2) is 114 Å². The Morgan fingerprint density at radius 1 is 0.700 bits per heavy atom. The molecule has 0 radical (unpaired) electrons. The van der Waals surface area contributed by atoms with Crippen LogP contribution in [0.3, 0.4) is 0 Å². The first-order chi connectivity index (χ1) is 14.8. The van der Waals surface area contributed by atoms with E-state index in [4.69, 9.17) is 4.74 Å². The van der Waals surface area contributed by atoms with Gasteiger partial charge in [0, 0.05) is 21.9 Å². The standard InChI is InChI=1S/C26H21NO2S/c28-26(21-13-11-20(12-14-21)19-30-25-9-5-2-6-10-25)27-22-15-17-24(18-16-22)29-23-7-3-1-4-8-23/h1-18H,19H2,(H,27,28). The Hall–Kier alpha value is -3.50. The van der Waals surface area contributed by atoms with Gasteiger partial charge in [0.1, 0.15) is 11.5 Å². The summed E-state index contributed by atoms with van der Waals surface area (Å²) in [6.45, 7) is 0. The molecule has 0 aliphatic carbocycles. The van der Waals surface area contributed by atoms with Crippen LogP contribution in [0.25, 0.3) is 0 Å². The van der Waals surface area contributed by atoms with Gasteiger partial charge < -0.3 is 10.1 Å². The number of thioether (sulfide) groups is 1. The second kappa shape index (κ2) is 9.81. The molecule has 0 aliphatic rings. The molecule has 30 heavy (non-hydrogen) atoms. The second-order valence-corrected chi connectivity index (χ2v) is 7.74. The molecule has 1 amide bonds. The summed E-state index contributed by atoms with van der Waals surface area (Å²) in [6.07, 6.45) is 0. The number of nitrogens with one attached hydrogen (secondary N) is 1. The van der Waals surface area contributed by atoms with Crippen molar-refractivity contribution >= 4 is 23.4 Å². The van der Waals surface area contributed by atoms with Crippen molar-refractivity contribution in [3.05, 3.63) is 120 Å². The largest absolute Gasteiger partial charge is 0.457 e. The Morgan fingerprint density at radius 2 is 1.30 bits per heavy atom. The second-order valence-electron chi connectivity index (χ2n) is 6.69. The highest BCUT2D eigenvalue weighted by molar-refractivity contribution is 7.98. The van der Waals surface area contributed by atoms with Gasteiger partial charge in [-0.05, 0) is 66.2 Å². The molecule has 0 aromatic heterocycles. The molecular formula is C26H21NO2S. The van der Waals surface area contributed by atoms with Crippen molar-refractivity contribution in [2.24, 2.45) is 0 Å². The molecule has 0 saturated carbocycles. The Morgan fingerprint density at radius 3 is 1.97 bits per heavy atom. The third-order valence-electron chi connectivity index (χ3n) is 4.46. The first-order valence-electron chi connectivity index (χ1n) is 9.67. The zero-order valence-electron chi connectivity index (χ0n) is 16.3. The lowest BCUT2D eigenvalue weighted by Gasteiger charge is -2.09. The van der Waals surface area contributed by atoms with Crippen LogP contribution in [0.2, 0.25) is 0 Å². The van der Waals surface area contributed by atoms with Gasteiger partial charge in [0.25, 0.3) is 5.91 Å². The van der Waals surface area contributed by atoms with E-state index < -0.39 is 0 Å². The molecule has 4 aromatic rings. The first kappa shape index (κ1) is 19.8. The van der Waals surface area contributed by atoms with Crippen LogP contribution in [0.1, 0.15) is 15.9 Å². The maximum atomic E-state index is 12.5. The van der Waals surface area contributed by atoms with Crippen LogP contribution >= 0.6 is 11.8 Å². The van der Waals surface area contributed by atoms with Gasteiger partial charge in [0.15, 0.2) is 0 Å². The van der Waals surface area contributed by atoms with Crippen LogP contribution in [0.4, 0.5) is 5.69 Å². The van der Waals surface area contributed by atoms with E-state index in [0.717, 1.165) is 22.9 Å². The third-order valence-corrected chi connectivity index (χ3v) is 5.54. The van der Waals surface area contributed by atoms with Crippen LogP contribution in [-0.4, -0.2) is 5.91 Å². The van der Waals surface area contributed by atoms with Crippen LogP contribution in [0.5, 0.6) is 11.5 Å². The van der Waals surface area contributed by atoms with E-state index in [9.17, 15) is 4.79 Å². The van der Waals surface area contributed by atoms with Gasteiger partial charge in [-0.2, -0.15) is 0 Å². The molecule has 0 fully saturated rings. The van der Waals surface area contributed by atoms with E-state index in [2.05, 4.69) is 17.4 Å². The van der Waals surface area contributed by atoms with E-state index in [1.165, 1.54) is 10.5 Å². The van der Waals surface area contributed by atoms with Gasteiger partial charge in [-0.15, -0.1) is 11.8 Å². The lowest BCUT2D eigenvalue weighted by molar-refractivity contribution is 0.102. The number of carbonyl (C=O) groups is 1. The molecule has 148 valence electrons. The maximum Gasteiger partial charge on any atom is 0.255 e. The van der Waals surface area contributed by atoms with Crippen molar-refractivity contribution < 1.29 is 9.53 Å². The predicted molar refractivity (Wildman–Crippen MR) is 123 cm³/mol. The minimum Gasteiger partial charge on any atom is -0.457 e. The summed E-state index contributed by atoms with van der Waals surface area (Å²) in [7, 11) is 0. The molecule has 0 saturated heterocycles. The highest BCUT2D eigenvalue weighted by Crippen LogP contribution is 2.24. The molecule has 1 N–H and O–H groups in total. The van der Waals surface area contributed by atoms with Crippen molar-refractivity contribution in [2.75, 3.05) is 5.32 Å². The zero-order valence-corrected chi connectivity index (χ0v) is 17.1. The lowest BCUT2D eigenvalue weighted by Crippen LogP contribution is -2.11. The number of benzene rings is 4. The maximum absolute atomic E-state index is 12.5. The van der Waals surface area contributed by atoms with Crippen molar-refractivity contribution in [1.29, 1.82) is 0 Å². The number of hydrogen-bond donors (Lipinski definition) is 1. The average molecular weight is 412 g/mol. The number of rotatable bonds is 7. The number of ether oxygens (including phenoxy) is 1. The van der Waals surface area contributed by atoms with E-state index in [1.807, 2.05) is 97.1 Å². The summed E-state index contributed by atoms with van der Waals surface area (Å²) in [5, 5.41) is 2.93. The minimum absolute atomic E-state index is 0.131. The van der Waals surface area contributed by atoms with Crippen LogP contribution in [-0.2, 0) is 5.75 Å². The van der Waals surface area contributed by atoms with Gasteiger partial charge in [-0.25, -0.2) is 0 Å². The fourth-order valence-electron chi connectivity index (χ4n) is 2.87. The predicted octanol–water partition coefficient (Wildman–Crippen LogP) is 7.02. The normalized spacial score (nSPS) is 10.4. The lowest BCUT2D eigenvalue weighted by atomic mass is 10.1. The molecular weight excluding hydrogens is 390 g/mol. The quantitative estimate of drug-likeness (QED) is 0.332.